The zero-order valence-corrected chi connectivity index (χ0v) is 34.2. The van der Waals surface area contributed by atoms with Crippen molar-refractivity contribution in [2.75, 3.05) is 31.3 Å². The predicted octanol–water partition coefficient (Wildman–Crippen LogP) is -1.24. The zero-order chi connectivity index (χ0) is 41.6. The van der Waals surface area contributed by atoms with Crippen LogP contribution in [0, 0.1) is 13.8 Å². The minimum atomic E-state index is -4.21. The van der Waals surface area contributed by atoms with Crippen LogP contribution in [-0.4, -0.2) is 136 Å². The van der Waals surface area contributed by atoms with Crippen molar-refractivity contribution in [2.45, 2.75) is 100 Å². The first-order valence-corrected chi connectivity index (χ1v) is 23.2. The number of H-pyrrole nitrogens is 2. The molecule has 3 aliphatic heterocycles. The molecule has 0 aliphatic carbocycles. The molecule has 5 heterocycles. The van der Waals surface area contributed by atoms with Crippen LogP contribution in [0.3, 0.4) is 0 Å². The first kappa shape index (κ1) is 45.5. The fourth-order valence-corrected chi connectivity index (χ4v) is 11.7. The smallest absolute Gasteiger partial charge is 0.389 e. The number of aliphatic hydroxyl groups excluding tert-OH is 5. The second-order valence-corrected chi connectivity index (χ2v) is 20.0. The van der Waals surface area contributed by atoms with Gasteiger partial charge in [-0.2, -0.15) is 0 Å². The molecule has 25 heteroatoms. The number of rotatable bonds is 17. The fourth-order valence-electron chi connectivity index (χ4n) is 6.18. The average molecular weight is 884 g/mol. The third-order valence-corrected chi connectivity index (χ3v) is 15.3. The summed E-state index contributed by atoms with van der Waals surface area (Å²) in [5.41, 5.74) is -2.99. The van der Waals surface area contributed by atoms with Crippen LogP contribution in [0.5, 0.6) is 0 Å². The van der Waals surface area contributed by atoms with Crippen LogP contribution in [0.15, 0.2) is 43.7 Å². The molecule has 3 saturated heterocycles. The summed E-state index contributed by atoms with van der Waals surface area (Å²) >= 11 is 0.775. The largest absolute Gasteiger partial charge is 0.394 e. The van der Waals surface area contributed by atoms with Crippen molar-refractivity contribution >= 4 is 45.7 Å². The van der Waals surface area contributed by atoms with E-state index in [2.05, 4.69) is 15.3 Å². The SMILES string of the molecule is CC(=O)NC1C(SSC/C=C\CSP(=O)(OC[C@H]2O[C@@H](n3cc(C)c(=O)[nH]c3=O)C[C@H]2O)O[C@@H]2C[C@H](n3cc(C)c(=O)[nH]c3=O)O[C@@H]2CO)OC(CO)C(O)C1O. The summed E-state index contributed by atoms with van der Waals surface area (Å²) in [4.78, 5) is 64.9. The second-order valence-electron chi connectivity index (χ2n) is 13.4. The lowest BCUT2D eigenvalue weighted by molar-refractivity contribution is -0.173. The number of hydrogen-bond donors (Lipinski definition) is 8. The number of aromatic amines is 2. The number of nitrogens with one attached hydrogen (secondary N) is 3. The highest BCUT2D eigenvalue weighted by molar-refractivity contribution is 8.77. The summed E-state index contributed by atoms with van der Waals surface area (Å²) in [5.74, 6) is -0.0223. The second kappa shape index (κ2) is 20.1. The number of carbonyl (C=O) groups excluding carboxylic acids is 1. The van der Waals surface area contributed by atoms with Gasteiger partial charge < -0.3 is 45.1 Å². The van der Waals surface area contributed by atoms with E-state index < -0.39 is 122 Å². The summed E-state index contributed by atoms with van der Waals surface area (Å²) in [6.07, 6.45) is -4.32. The van der Waals surface area contributed by atoms with Gasteiger partial charge in [-0.05, 0) is 25.2 Å². The average Bonchev–Trinajstić information content (AvgIpc) is 3.74. The Morgan fingerprint density at radius 1 is 0.895 bits per heavy atom. The molecule has 0 saturated carbocycles. The number of aryl methyl sites for hydroxylation is 2. The van der Waals surface area contributed by atoms with Crippen molar-refractivity contribution in [1.29, 1.82) is 0 Å². The molecule has 0 bridgehead atoms. The molecule has 3 aliphatic rings. The van der Waals surface area contributed by atoms with Gasteiger partial charge in [-0.15, -0.1) is 0 Å². The molecule has 1 amide bonds. The van der Waals surface area contributed by atoms with Crippen molar-refractivity contribution in [3.05, 3.63) is 77.3 Å². The summed E-state index contributed by atoms with van der Waals surface area (Å²) in [7, 11) is 2.44. The summed E-state index contributed by atoms with van der Waals surface area (Å²) < 4.78 is 46.0. The lowest BCUT2D eigenvalue weighted by atomic mass is 9.98. The highest BCUT2D eigenvalue weighted by atomic mass is 33.1. The van der Waals surface area contributed by atoms with Crippen LogP contribution >= 0.6 is 39.8 Å². The van der Waals surface area contributed by atoms with Gasteiger partial charge in [-0.3, -0.25) is 42.5 Å². The van der Waals surface area contributed by atoms with Crippen molar-refractivity contribution in [3.8, 4) is 0 Å². The van der Waals surface area contributed by atoms with Gasteiger partial charge in [-0.25, -0.2) is 14.2 Å². The molecular formula is C32H46N5O16PS3. The Balaban J connectivity index is 1.25. The van der Waals surface area contributed by atoms with E-state index in [1.54, 1.807) is 12.2 Å². The van der Waals surface area contributed by atoms with Gasteiger partial charge in [0.2, 0.25) is 5.91 Å². The molecule has 6 unspecified atom stereocenters. The van der Waals surface area contributed by atoms with Gasteiger partial charge >= 0.3 is 18.2 Å². The Bertz CT molecular complexity index is 2030. The number of aromatic nitrogens is 4. The molecule has 318 valence electrons. The van der Waals surface area contributed by atoms with Gasteiger partial charge in [0.15, 0.2) is 0 Å². The van der Waals surface area contributed by atoms with Gasteiger partial charge in [0.05, 0.1) is 32.0 Å². The molecule has 2 aromatic rings. The molecule has 57 heavy (non-hydrogen) atoms. The third kappa shape index (κ3) is 11.4. The minimum Gasteiger partial charge on any atom is -0.394 e. The van der Waals surface area contributed by atoms with E-state index in [-0.39, 0.29) is 29.7 Å². The first-order chi connectivity index (χ1) is 27.0. The van der Waals surface area contributed by atoms with Crippen molar-refractivity contribution in [1.82, 2.24) is 24.4 Å². The van der Waals surface area contributed by atoms with Crippen LogP contribution in [0.4, 0.5) is 0 Å². The van der Waals surface area contributed by atoms with Gasteiger partial charge in [0, 0.05) is 54.8 Å². The van der Waals surface area contributed by atoms with Crippen molar-refractivity contribution in [3.63, 3.8) is 0 Å². The number of nitrogens with zero attached hydrogens (tertiary/aromatic N) is 2. The Morgan fingerprint density at radius 3 is 2.07 bits per heavy atom. The number of ether oxygens (including phenoxy) is 3. The Hall–Kier alpha value is -2.55. The van der Waals surface area contributed by atoms with E-state index in [0.29, 0.717) is 5.75 Å². The quantitative estimate of drug-likeness (QED) is 0.0399. The van der Waals surface area contributed by atoms with Crippen LogP contribution in [0.25, 0.3) is 0 Å². The monoisotopic (exact) mass is 883 g/mol. The van der Waals surface area contributed by atoms with E-state index in [1.165, 1.54) is 44.0 Å². The van der Waals surface area contributed by atoms with Crippen LogP contribution < -0.4 is 27.8 Å². The van der Waals surface area contributed by atoms with E-state index in [4.69, 9.17) is 23.3 Å². The molecule has 0 aromatic carbocycles. The molecule has 21 nitrogen and oxygen atoms in total. The molecule has 0 spiro atoms. The summed E-state index contributed by atoms with van der Waals surface area (Å²) in [6.45, 7) is -1.54. The summed E-state index contributed by atoms with van der Waals surface area (Å²) in [6, 6.07) is -0.953. The van der Waals surface area contributed by atoms with Crippen molar-refractivity contribution < 1.29 is 58.2 Å². The predicted molar refractivity (Wildman–Crippen MR) is 208 cm³/mol. The van der Waals surface area contributed by atoms with Gasteiger partial charge in [0.25, 0.3) is 11.1 Å². The normalized spacial score (nSPS) is 31.5. The van der Waals surface area contributed by atoms with E-state index >= 15 is 0 Å². The lowest BCUT2D eigenvalue weighted by Gasteiger charge is -2.41. The molecule has 3 fully saturated rings. The van der Waals surface area contributed by atoms with Crippen LogP contribution in [-0.2, 0) is 32.6 Å². The molecular weight excluding hydrogens is 838 g/mol. The summed E-state index contributed by atoms with van der Waals surface area (Å²) in [5, 5.41) is 53.8. The number of carbonyl (C=O) groups is 1. The molecule has 5 rings (SSSR count). The Morgan fingerprint density at radius 2 is 1.47 bits per heavy atom. The third-order valence-electron chi connectivity index (χ3n) is 9.21. The fraction of sp³-hybridized carbons (Fsp3) is 0.656. The minimum absolute atomic E-state index is 0.0497. The highest BCUT2D eigenvalue weighted by Gasteiger charge is 2.46. The van der Waals surface area contributed by atoms with E-state index in [0.717, 1.165) is 31.3 Å². The lowest BCUT2D eigenvalue weighted by Crippen LogP contribution is -2.62. The Kier molecular flexibility index (Phi) is 16.1. The molecule has 8 N–H and O–H groups in total. The zero-order valence-electron chi connectivity index (χ0n) is 30.9. The standard InChI is InChI=1S/C32H46N5O16PS3/c1-15-10-36(31(46)34-28(15)44)23-8-18(41)22(51-23)14-49-54(48,53-19-9-24(50-20(19)12-38)37-11-16(2)29(45)35-32(37)47)55-6-4-5-7-56-57-30-25(33-17(3)40)27(43)26(42)21(13-39)52-30/h4-5,10-11,18-27,30,38-39,41-43H,6-9,12-14H2,1-3H3,(H,33,40)(H,34,44,46)(H,35,45,47)/b5-4-/t18-,19-,20-,21?,22-,23-,24-,25?,26?,27?,30?,54?/m1/s1. The maximum absolute atomic E-state index is 14.4. The highest BCUT2D eigenvalue weighted by Crippen LogP contribution is 2.63. The van der Waals surface area contributed by atoms with Gasteiger partial charge in [-0.1, -0.05) is 33.7 Å². The number of amides is 1. The molecule has 0 radical (unpaired) electrons. The maximum atomic E-state index is 14.4. The van der Waals surface area contributed by atoms with Crippen LogP contribution in [0.2, 0.25) is 0 Å². The first-order valence-electron chi connectivity index (χ1n) is 17.7. The molecule has 2 aromatic heterocycles. The Labute approximate surface area is 336 Å². The number of hydrogen-bond acceptors (Lipinski definition) is 19. The van der Waals surface area contributed by atoms with Gasteiger partial charge in [0.1, 0.15) is 54.5 Å². The number of aliphatic hydroxyl groups is 5. The van der Waals surface area contributed by atoms with E-state index in [1.807, 2.05) is 0 Å². The topological polar surface area (TPSA) is 303 Å². The van der Waals surface area contributed by atoms with Crippen molar-refractivity contribution in [2.24, 2.45) is 0 Å². The van der Waals surface area contributed by atoms with Crippen LogP contribution in [0.1, 0.15) is 43.3 Å². The van der Waals surface area contributed by atoms with E-state index in [9.17, 15) is 54.1 Å². The molecule has 12 atom stereocenters. The maximum Gasteiger partial charge on any atom is 0.389 e.